The molecule has 1 N–H and O–H groups in total. The van der Waals surface area contributed by atoms with Crippen LogP contribution in [0.5, 0.6) is 11.5 Å². The second-order valence-electron chi connectivity index (χ2n) is 4.43. The summed E-state index contributed by atoms with van der Waals surface area (Å²) in [4.78, 5) is 0. The van der Waals surface area contributed by atoms with Crippen molar-refractivity contribution in [2.45, 2.75) is 26.4 Å². The highest BCUT2D eigenvalue weighted by molar-refractivity contribution is 5.39. The van der Waals surface area contributed by atoms with Crippen molar-refractivity contribution in [1.82, 2.24) is 0 Å². The predicted molar refractivity (Wildman–Crippen MR) is 72.9 cm³/mol. The Balaban J connectivity index is 2.28. The van der Waals surface area contributed by atoms with Crippen LogP contribution in [0, 0.1) is 5.82 Å². The summed E-state index contributed by atoms with van der Waals surface area (Å²) < 4.78 is 19.5. The summed E-state index contributed by atoms with van der Waals surface area (Å²) in [6, 6.07) is 12.1. The number of halogens is 1. The molecule has 0 amide bonds. The zero-order valence-corrected chi connectivity index (χ0v) is 11.1. The van der Waals surface area contributed by atoms with E-state index in [0.29, 0.717) is 11.3 Å². The first-order chi connectivity index (χ1) is 9.11. The quantitative estimate of drug-likeness (QED) is 0.891. The van der Waals surface area contributed by atoms with Gasteiger partial charge in [-0.2, -0.15) is 0 Å². The van der Waals surface area contributed by atoms with Gasteiger partial charge in [-0.25, -0.2) is 4.39 Å². The van der Waals surface area contributed by atoms with Gasteiger partial charge < -0.3 is 9.84 Å². The highest BCUT2D eigenvalue weighted by atomic mass is 19.1. The first kappa shape index (κ1) is 13.6. The molecule has 100 valence electrons. The Kier molecular flexibility index (Phi) is 4.17. The molecule has 19 heavy (non-hydrogen) atoms. The molecule has 0 aliphatic heterocycles. The zero-order valence-electron chi connectivity index (χ0n) is 11.1. The van der Waals surface area contributed by atoms with Gasteiger partial charge in [-0.05, 0) is 42.7 Å². The molecule has 2 rings (SSSR count). The summed E-state index contributed by atoms with van der Waals surface area (Å²) >= 11 is 0. The van der Waals surface area contributed by atoms with Crippen LogP contribution in [-0.4, -0.2) is 5.11 Å². The van der Waals surface area contributed by atoms with Crippen LogP contribution in [0.2, 0.25) is 0 Å². The van der Waals surface area contributed by atoms with E-state index in [9.17, 15) is 9.50 Å². The van der Waals surface area contributed by atoms with Crippen molar-refractivity contribution in [2.24, 2.45) is 0 Å². The fraction of sp³-hybridized carbons (Fsp3) is 0.250. The number of benzene rings is 2. The molecule has 0 radical (unpaired) electrons. The molecule has 0 unspecified atom stereocenters. The Bertz CT molecular complexity index is 564. The van der Waals surface area contributed by atoms with E-state index in [2.05, 4.69) is 0 Å². The maximum atomic E-state index is 13.9. The van der Waals surface area contributed by atoms with Gasteiger partial charge in [-0.3, -0.25) is 0 Å². The zero-order chi connectivity index (χ0) is 13.8. The van der Waals surface area contributed by atoms with Gasteiger partial charge in [0, 0.05) is 0 Å². The number of hydrogen-bond donors (Lipinski definition) is 1. The summed E-state index contributed by atoms with van der Waals surface area (Å²) in [7, 11) is 0. The van der Waals surface area contributed by atoms with Gasteiger partial charge in [0.1, 0.15) is 5.75 Å². The summed E-state index contributed by atoms with van der Waals surface area (Å²) in [5.74, 6) is 0.364. The number of aliphatic hydroxyl groups is 1. The lowest BCUT2D eigenvalue weighted by Crippen LogP contribution is -1.96. The third kappa shape index (κ3) is 3.12. The summed E-state index contributed by atoms with van der Waals surface area (Å²) in [5, 5.41) is 9.40. The first-order valence-corrected chi connectivity index (χ1v) is 6.35. The first-order valence-electron chi connectivity index (χ1n) is 6.35. The topological polar surface area (TPSA) is 29.5 Å². The molecule has 0 saturated carbocycles. The van der Waals surface area contributed by atoms with Crippen LogP contribution in [0.4, 0.5) is 4.39 Å². The van der Waals surface area contributed by atoms with Crippen LogP contribution < -0.4 is 4.74 Å². The van der Waals surface area contributed by atoms with E-state index in [0.717, 1.165) is 12.0 Å². The fourth-order valence-electron chi connectivity index (χ4n) is 1.87. The minimum atomic E-state index is -0.688. The molecular formula is C16H17FO2. The van der Waals surface area contributed by atoms with Crippen molar-refractivity contribution in [1.29, 1.82) is 0 Å². The Morgan fingerprint density at radius 1 is 1.16 bits per heavy atom. The Labute approximate surface area is 112 Å². The van der Waals surface area contributed by atoms with Gasteiger partial charge in [0.15, 0.2) is 11.6 Å². The largest absolute Gasteiger partial charge is 0.454 e. The van der Waals surface area contributed by atoms with Gasteiger partial charge in [0.2, 0.25) is 0 Å². The molecule has 0 aliphatic carbocycles. The lowest BCUT2D eigenvalue weighted by molar-refractivity contribution is 0.198. The van der Waals surface area contributed by atoms with Crippen LogP contribution in [0.1, 0.15) is 31.1 Å². The van der Waals surface area contributed by atoms with Crippen molar-refractivity contribution < 1.29 is 14.2 Å². The second kappa shape index (κ2) is 5.85. The average Bonchev–Trinajstić information content (AvgIpc) is 2.41. The number of aliphatic hydroxyl groups excluding tert-OH is 1. The Morgan fingerprint density at radius 2 is 1.89 bits per heavy atom. The molecule has 1 atom stereocenters. The van der Waals surface area contributed by atoms with Gasteiger partial charge in [-0.15, -0.1) is 0 Å². The maximum Gasteiger partial charge on any atom is 0.166 e. The second-order valence-corrected chi connectivity index (χ2v) is 4.43. The molecule has 0 aromatic heterocycles. The lowest BCUT2D eigenvalue weighted by atomic mass is 10.1. The Hall–Kier alpha value is -1.87. The van der Waals surface area contributed by atoms with E-state index >= 15 is 0 Å². The molecule has 0 saturated heterocycles. The minimum absolute atomic E-state index is 0.172. The maximum absolute atomic E-state index is 13.9. The Morgan fingerprint density at radius 3 is 2.53 bits per heavy atom. The van der Waals surface area contributed by atoms with E-state index in [1.807, 2.05) is 31.2 Å². The van der Waals surface area contributed by atoms with Crippen LogP contribution in [0.15, 0.2) is 42.5 Å². The molecule has 2 nitrogen and oxygen atoms in total. The van der Waals surface area contributed by atoms with Gasteiger partial charge in [-0.1, -0.05) is 31.2 Å². The smallest absolute Gasteiger partial charge is 0.166 e. The summed E-state index contributed by atoms with van der Waals surface area (Å²) in [6.07, 6.45) is 0.135. The highest BCUT2D eigenvalue weighted by Crippen LogP contribution is 2.29. The molecule has 0 heterocycles. The van der Waals surface area contributed by atoms with Crippen molar-refractivity contribution in [3.8, 4) is 11.5 Å². The molecule has 0 aliphatic rings. The number of para-hydroxylation sites is 1. The van der Waals surface area contributed by atoms with Crippen molar-refractivity contribution in [3.63, 3.8) is 0 Å². The lowest BCUT2D eigenvalue weighted by Gasteiger charge is -2.12. The van der Waals surface area contributed by atoms with Crippen LogP contribution >= 0.6 is 0 Å². The third-order valence-electron chi connectivity index (χ3n) is 3.01. The normalized spacial score (nSPS) is 12.2. The molecule has 0 fully saturated rings. The predicted octanol–water partition coefficient (Wildman–Crippen LogP) is 4.23. The fourth-order valence-corrected chi connectivity index (χ4v) is 1.87. The summed E-state index contributed by atoms with van der Waals surface area (Å²) in [5.41, 5.74) is 1.56. The average molecular weight is 260 g/mol. The van der Waals surface area contributed by atoms with Gasteiger partial charge in [0.05, 0.1) is 6.10 Å². The standard InChI is InChI=1S/C16H17FO2/c1-3-12-6-4-5-7-15(12)19-16-9-8-13(11(2)18)10-14(16)17/h4-11,18H,3H2,1-2H3/t11-/m1/s1. The molecule has 0 bridgehead atoms. The van der Waals surface area contributed by atoms with Crippen LogP contribution in [0.25, 0.3) is 0 Å². The number of hydrogen-bond acceptors (Lipinski definition) is 2. The number of ether oxygens (including phenoxy) is 1. The van der Waals surface area contributed by atoms with Crippen LogP contribution in [-0.2, 0) is 6.42 Å². The van der Waals surface area contributed by atoms with E-state index in [1.54, 1.807) is 19.1 Å². The van der Waals surface area contributed by atoms with Gasteiger partial charge >= 0.3 is 0 Å². The summed E-state index contributed by atoms with van der Waals surface area (Å²) in [6.45, 7) is 3.62. The van der Waals surface area contributed by atoms with Crippen molar-refractivity contribution in [2.75, 3.05) is 0 Å². The molecule has 3 heteroatoms. The monoisotopic (exact) mass is 260 g/mol. The van der Waals surface area contributed by atoms with Crippen molar-refractivity contribution in [3.05, 3.63) is 59.4 Å². The molecule has 0 spiro atoms. The van der Waals surface area contributed by atoms with E-state index < -0.39 is 11.9 Å². The number of rotatable bonds is 4. The molecule has 2 aromatic carbocycles. The highest BCUT2D eigenvalue weighted by Gasteiger charge is 2.10. The van der Waals surface area contributed by atoms with Crippen molar-refractivity contribution >= 4 is 0 Å². The van der Waals surface area contributed by atoms with E-state index in [-0.39, 0.29) is 5.75 Å². The third-order valence-corrected chi connectivity index (χ3v) is 3.01. The van der Waals surface area contributed by atoms with Gasteiger partial charge in [0.25, 0.3) is 0 Å². The molecular weight excluding hydrogens is 243 g/mol. The molecule has 2 aromatic rings. The van der Waals surface area contributed by atoms with Crippen LogP contribution in [0.3, 0.4) is 0 Å². The minimum Gasteiger partial charge on any atom is -0.454 e. The number of aryl methyl sites for hydroxylation is 1. The van der Waals surface area contributed by atoms with E-state index in [1.165, 1.54) is 6.07 Å². The van der Waals surface area contributed by atoms with E-state index in [4.69, 9.17) is 4.74 Å². The SMILES string of the molecule is CCc1ccccc1Oc1ccc([C@@H](C)O)cc1F.